The molecule has 0 unspecified atom stereocenters. The standard InChI is InChI=1S/C14H9Cl3O2/c1-8-6-10(3-5-12(8)16)19-14(18)11-4-2-9(15)7-13(11)17/h2-7H,1H3. The highest BCUT2D eigenvalue weighted by Crippen LogP contribution is 2.25. The van der Waals surface area contributed by atoms with Crippen LogP contribution in [0.1, 0.15) is 15.9 Å². The van der Waals surface area contributed by atoms with Gasteiger partial charge >= 0.3 is 5.97 Å². The molecule has 2 nitrogen and oxygen atoms in total. The molecule has 0 aliphatic carbocycles. The van der Waals surface area contributed by atoms with Gasteiger partial charge in [0.1, 0.15) is 5.75 Å². The lowest BCUT2D eigenvalue weighted by atomic mass is 10.2. The van der Waals surface area contributed by atoms with Crippen LogP contribution in [0.15, 0.2) is 36.4 Å². The first-order chi connectivity index (χ1) is 8.97. The molecule has 5 heteroatoms. The van der Waals surface area contributed by atoms with Crippen molar-refractivity contribution < 1.29 is 9.53 Å². The summed E-state index contributed by atoms with van der Waals surface area (Å²) in [5.41, 5.74) is 1.09. The highest BCUT2D eigenvalue weighted by molar-refractivity contribution is 6.36. The third-order valence-corrected chi connectivity index (χ3v) is 3.46. The van der Waals surface area contributed by atoms with Crippen molar-refractivity contribution in [1.29, 1.82) is 0 Å². The SMILES string of the molecule is Cc1cc(OC(=O)c2ccc(Cl)cc2Cl)ccc1Cl. The smallest absolute Gasteiger partial charge is 0.345 e. The summed E-state index contributed by atoms with van der Waals surface area (Å²) in [6.07, 6.45) is 0. The van der Waals surface area contributed by atoms with Gasteiger partial charge in [-0.2, -0.15) is 0 Å². The minimum absolute atomic E-state index is 0.253. The molecule has 0 radical (unpaired) electrons. The highest BCUT2D eigenvalue weighted by Gasteiger charge is 2.13. The van der Waals surface area contributed by atoms with Gasteiger partial charge in [0.05, 0.1) is 10.6 Å². The first-order valence-corrected chi connectivity index (χ1v) is 6.54. The number of rotatable bonds is 2. The van der Waals surface area contributed by atoms with Crippen LogP contribution in [0.2, 0.25) is 15.1 Å². The molecule has 0 amide bonds. The Bertz CT molecular complexity index is 639. The highest BCUT2D eigenvalue weighted by atomic mass is 35.5. The van der Waals surface area contributed by atoms with Crippen molar-refractivity contribution in [3.05, 3.63) is 62.6 Å². The number of esters is 1. The van der Waals surface area contributed by atoms with Crippen LogP contribution in [-0.2, 0) is 0 Å². The quantitative estimate of drug-likeness (QED) is 0.564. The van der Waals surface area contributed by atoms with E-state index < -0.39 is 5.97 Å². The molecule has 98 valence electrons. The fraction of sp³-hybridized carbons (Fsp3) is 0.0714. The number of halogens is 3. The average molecular weight is 316 g/mol. The number of ether oxygens (including phenoxy) is 1. The Morgan fingerprint density at radius 2 is 1.74 bits per heavy atom. The van der Waals surface area contributed by atoms with Crippen molar-refractivity contribution >= 4 is 40.8 Å². The Hall–Kier alpha value is -1.22. The minimum atomic E-state index is -0.539. The number of benzene rings is 2. The normalized spacial score (nSPS) is 10.3. The largest absolute Gasteiger partial charge is 0.423 e. The molecule has 0 aliphatic heterocycles. The van der Waals surface area contributed by atoms with Crippen molar-refractivity contribution in [2.75, 3.05) is 0 Å². The molecule has 0 bridgehead atoms. The molecule has 0 saturated carbocycles. The molecule has 19 heavy (non-hydrogen) atoms. The fourth-order valence-electron chi connectivity index (χ4n) is 1.50. The van der Waals surface area contributed by atoms with E-state index in [4.69, 9.17) is 39.5 Å². The summed E-state index contributed by atoms with van der Waals surface area (Å²) >= 11 is 17.6. The summed E-state index contributed by atoms with van der Waals surface area (Å²) in [4.78, 5) is 12.0. The summed E-state index contributed by atoms with van der Waals surface area (Å²) in [5, 5.41) is 1.33. The van der Waals surface area contributed by atoms with E-state index in [2.05, 4.69) is 0 Å². The molecule has 0 aromatic heterocycles. The fourth-order valence-corrected chi connectivity index (χ4v) is 2.10. The Morgan fingerprint density at radius 3 is 2.37 bits per heavy atom. The molecule has 2 aromatic rings. The maximum Gasteiger partial charge on any atom is 0.345 e. The van der Waals surface area contributed by atoms with Gasteiger partial charge in [-0.25, -0.2) is 4.79 Å². The summed E-state index contributed by atoms with van der Waals surface area (Å²) in [6.45, 7) is 1.83. The van der Waals surface area contributed by atoms with Crippen molar-refractivity contribution in [1.82, 2.24) is 0 Å². The van der Waals surface area contributed by atoms with E-state index in [-0.39, 0.29) is 10.6 Å². The summed E-state index contributed by atoms with van der Waals surface area (Å²) in [5.74, 6) is -0.124. The summed E-state index contributed by atoms with van der Waals surface area (Å²) in [7, 11) is 0. The number of carbonyl (C=O) groups excluding carboxylic acids is 1. The molecule has 0 atom stereocenters. The molecule has 0 fully saturated rings. The van der Waals surface area contributed by atoms with E-state index in [0.29, 0.717) is 15.8 Å². The molecule has 0 aliphatic rings. The molecule has 0 N–H and O–H groups in total. The molecule has 0 saturated heterocycles. The van der Waals surface area contributed by atoms with E-state index in [1.165, 1.54) is 12.1 Å². The maximum absolute atomic E-state index is 12.0. The van der Waals surface area contributed by atoms with Crippen LogP contribution in [-0.4, -0.2) is 5.97 Å². The lowest BCUT2D eigenvalue weighted by Gasteiger charge is -2.07. The second-order valence-electron chi connectivity index (χ2n) is 3.92. The van der Waals surface area contributed by atoms with Crippen LogP contribution in [0, 0.1) is 6.92 Å². The number of hydrogen-bond donors (Lipinski definition) is 0. The van der Waals surface area contributed by atoms with Crippen LogP contribution in [0.25, 0.3) is 0 Å². The van der Waals surface area contributed by atoms with E-state index in [1.807, 2.05) is 6.92 Å². The van der Waals surface area contributed by atoms with Gasteiger partial charge in [-0.3, -0.25) is 0 Å². The molecule has 0 spiro atoms. The Balaban J connectivity index is 2.23. The van der Waals surface area contributed by atoms with Crippen molar-refractivity contribution in [3.63, 3.8) is 0 Å². The van der Waals surface area contributed by atoms with Gasteiger partial charge in [-0.1, -0.05) is 34.8 Å². The monoisotopic (exact) mass is 314 g/mol. The Kier molecular flexibility index (Phi) is 4.35. The van der Waals surface area contributed by atoms with Gasteiger partial charge in [-0.15, -0.1) is 0 Å². The predicted molar refractivity (Wildman–Crippen MR) is 77.6 cm³/mol. The van der Waals surface area contributed by atoms with Crippen LogP contribution < -0.4 is 4.74 Å². The summed E-state index contributed by atoms with van der Waals surface area (Å²) < 4.78 is 5.23. The van der Waals surface area contributed by atoms with E-state index >= 15 is 0 Å². The molecular formula is C14H9Cl3O2. The average Bonchev–Trinajstić information content (AvgIpc) is 2.33. The first kappa shape index (κ1) is 14.2. The van der Waals surface area contributed by atoms with Crippen LogP contribution in [0.3, 0.4) is 0 Å². The zero-order valence-electron chi connectivity index (χ0n) is 9.91. The number of hydrogen-bond acceptors (Lipinski definition) is 2. The number of aryl methyl sites for hydroxylation is 1. The third kappa shape index (κ3) is 3.41. The van der Waals surface area contributed by atoms with Crippen molar-refractivity contribution in [2.24, 2.45) is 0 Å². The molecule has 2 aromatic carbocycles. The Morgan fingerprint density at radius 1 is 1.00 bits per heavy atom. The predicted octanol–water partition coefficient (Wildman–Crippen LogP) is 5.17. The van der Waals surface area contributed by atoms with Gasteiger partial charge in [0.2, 0.25) is 0 Å². The lowest BCUT2D eigenvalue weighted by Crippen LogP contribution is -2.09. The second kappa shape index (κ2) is 5.83. The van der Waals surface area contributed by atoms with Gasteiger partial charge in [0.25, 0.3) is 0 Å². The first-order valence-electron chi connectivity index (χ1n) is 5.41. The van der Waals surface area contributed by atoms with Crippen molar-refractivity contribution in [2.45, 2.75) is 6.92 Å². The van der Waals surface area contributed by atoms with Crippen LogP contribution >= 0.6 is 34.8 Å². The number of carbonyl (C=O) groups is 1. The minimum Gasteiger partial charge on any atom is -0.423 e. The second-order valence-corrected chi connectivity index (χ2v) is 5.18. The Labute approximate surface area is 125 Å². The van der Waals surface area contributed by atoms with Gasteiger partial charge in [0.15, 0.2) is 0 Å². The summed E-state index contributed by atoms with van der Waals surface area (Å²) in [6, 6.07) is 9.57. The zero-order valence-corrected chi connectivity index (χ0v) is 12.2. The third-order valence-electron chi connectivity index (χ3n) is 2.49. The van der Waals surface area contributed by atoms with E-state index in [1.54, 1.807) is 24.3 Å². The van der Waals surface area contributed by atoms with E-state index in [9.17, 15) is 4.79 Å². The van der Waals surface area contributed by atoms with Gasteiger partial charge < -0.3 is 4.74 Å². The van der Waals surface area contributed by atoms with Crippen molar-refractivity contribution in [3.8, 4) is 5.75 Å². The molecule has 2 rings (SSSR count). The van der Waals surface area contributed by atoms with Crippen LogP contribution in [0.4, 0.5) is 0 Å². The topological polar surface area (TPSA) is 26.3 Å². The van der Waals surface area contributed by atoms with Gasteiger partial charge in [0, 0.05) is 10.0 Å². The maximum atomic E-state index is 12.0. The van der Waals surface area contributed by atoms with E-state index in [0.717, 1.165) is 5.56 Å². The zero-order chi connectivity index (χ0) is 14.0. The van der Waals surface area contributed by atoms with Crippen LogP contribution in [0.5, 0.6) is 5.75 Å². The molecule has 0 heterocycles. The lowest BCUT2D eigenvalue weighted by molar-refractivity contribution is 0.0735. The molecular weight excluding hydrogens is 307 g/mol. The van der Waals surface area contributed by atoms with Gasteiger partial charge in [-0.05, 0) is 48.9 Å².